The van der Waals surface area contributed by atoms with E-state index >= 15 is 0 Å². The molecule has 0 bridgehead atoms. The minimum atomic E-state index is 0.194. The summed E-state index contributed by atoms with van der Waals surface area (Å²) in [4.78, 5) is 0. The number of hydrogen-bond donors (Lipinski definition) is 0. The normalized spacial score (nSPS) is 2.00. The van der Waals surface area contributed by atoms with Crippen LogP contribution in [0.5, 0.6) is 0 Å². The van der Waals surface area contributed by atoms with Crippen LogP contribution in [0, 0.1) is 0 Å². The second kappa shape index (κ2) is 30.6. The predicted octanol–water partition coefficient (Wildman–Crippen LogP) is -0.621. The summed E-state index contributed by atoms with van der Waals surface area (Å²) in [5.41, 5.74) is 0. The Hall–Kier alpha value is 1.17. The Balaban J connectivity index is 0. The van der Waals surface area contributed by atoms with Crippen molar-refractivity contribution in [3.05, 3.63) is 0 Å². The first-order chi connectivity index (χ1) is 2.00. The number of hydrogen-bond acceptors (Lipinski definition) is 2. The van der Waals surface area contributed by atoms with E-state index < -0.39 is 0 Å². The second-order valence-electron chi connectivity index (χ2n) is 0. The topological polar surface area (TPSA) is 34.1 Å². The molecular weight excluding hydrogens is 337 g/mol. The Kier molecular flexibility index (Phi) is 68.4. The van der Waals surface area contributed by atoms with Gasteiger partial charge in [-0.2, -0.15) is 0 Å². The van der Waals surface area contributed by atoms with Crippen molar-refractivity contribution < 1.29 is 26.0 Å². The fourth-order valence-corrected chi connectivity index (χ4v) is 0. The summed E-state index contributed by atoms with van der Waals surface area (Å²) < 4.78 is 16.6. The Morgan fingerprint density at radius 2 is 1.25 bits per heavy atom. The van der Waals surface area contributed by atoms with Crippen molar-refractivity contribution in [1.82, 2.24) is 0 Å². The zero-order chi connectivity index (χ0) is 4.00. The molecule has 0 saturated heterocycles. The third-order valence-corrected chi connectivity index (χ3v) is 0. The van der Waals surface area contributed by atoms with Crippen LogP contribution in [0.2, 0.25) is 0 Å². The van der Waals surface area contributed by atoms with Gasteiger partial charge >= 0.3 is 50.7 Å². The van der Waals surface area contributed by atoms with Gasteiger partial charge in [-0.1, -0.05) is 0 Å². The van der Waals surface area contributed by atoms with Gasteiger partial charge in [-0.15, -0.1) is 0 Å². The van der Waals surface area contributed by atoms with Crippen LogP contribution in [-0.4, -0.2) is 24.7 Å². The third kappa shape index (κ3) is 10.9. The summed E-state index contributed by atoms with van der Waals surface area (Å²) in [5, 5.41) is 0. The van der Waals surface area contributed by atoms with Gasteiger partial charge < -0.3 is 0 Å². The fraction of sp³-hybridized carbons (Fsp3) is 0. The predicted molar refractivity (Wildman–Crippen MR) is 7.13 cm³/mol. The summed E-state index contributed by atoms with van der Waals surface area (Å²) >= 11 is 0.894. The fourth-order valence-electron chi connectivity index (χ4n) is 0. The van der Waals surface area contributed by atoms with Crippen LogP contribution in [0.3, 0.4) is 0 Å². The van der Waals surface area contributed by atoms with Gasteiger partial charge in [-0.25, -0.2) is 0 Å². The average molecular weight is 337 g/mol. The molecule has 0 atom stereocenters. The van der Waals surface area contributed by atoms with E-state index in [0.717, 1.165) is 0 Å². The monoisotopic (exact) mass is 339 g/mol. The molecule has 2 nitrogen and oxygen atoms in total. The molecule has 0 heterocycles. The molecule has 0 saturated carbocycles. The van der Waals surface area contributed by atoms with Crippen molar-refractivity contribution in [2.45, 2.75) is 0 Å². The summed E-state index contributed by atoms with van der Waals surface area (Å²) in [6, 6.07) is 0. The van der Waals surface area contributed by atoms with Crippen molar-refractivity contribution in [2.75, 3.05) is 0 Å². The molecule has 4 heteroatoms. The molecule has 23 valence electrons. The van der Waals surface area contributed by atoms with Crippen molar-refractivity contribution >= 4 is 24.7 Å². The first-order valence-corrected chi connectivity index (χ1v) is 2.59. The van der Waals surface area contributed by atoms with Gasteiger partial charge in [-0.05, 0) is 0 Å². The molecule has 4 heavy (non-hydrogen) atoms. The molecule has 0 N–H and O–H groups in total. The van der Waals surface area contributed by atoms with E-state index in [4.69, 9.17) is 6.21 Å². The Morgan fingerprint density at radius 1 is 1.25 bits per heavy atom. The summed E-state index contributed by atoms with van der Waals surface area (Å²) in [7, 11) is 0. The zero-order valence-electron chi connectivity index (χ0n) is 1.67. The van der Waals surface area contributed by atoms with Gasteiger partial charge in [0.25, 0.3) is 0 Å². The standard InChI is InChI=1S/Bi.Mo.2O. The zero-order valence-corrected chi connectivity index (χ0v) is 7.16. The van der Waals surface area contributed by atoms with Crippen LogP contribution in [0.15, 0.2) is 0 Å². The molecule has 0 aromatic carbocycles. The van der Waals surface area contributed by atoms with Crippen molar-refractivity contribution in [2.24, 2.45) is 0 Å². The summed E-state index contributed by atoms with van der Waals surface area (Å²) in [6.45, 7) is 0. The van der Waals surface area contributed by atoms with E-state index in [1.54, 1.807) is 0 Å². The second-order valence-corrected chi connectivity index (χ2v) is 0. The Labute approximate surface area is 50.5 Å². The van der Waals surface area contributed by atoms with Crippen molar-refractivity contribution in [1.29, 1.82) is 0 Å². The molecule has 0 spiro atoms. The van der Waals surface area contributed by atoms with E-state index in [9.17, 15) is 0 Å². The summed E-state index contributed by atoms with van der Waals surface area (Å²) in [6.07, 6.45) is 0. The van der Waals surface area contributed by atoms with Crippen LogP contribution >= 0.6 is 0 Å². The first kappa shape index (κ1) is 8.95. The third-order valence-electron chi connectivity index (χ3n) is 0. The van der Waals surface area contributed by atoms with Gasteiger partial charge in [-0.3, -0.25) is 0 Å². The first-order valence-electron chi connectivity index (χ1n) is 0.349. The van der Waals surface area contributed by atoms with Gasteiger partial charge in [0, 0.05) is 0 Å². The van der Waals surface area contributed by atoms with Crippen LogP contribution in [-0.2, 0) is 26.0 Å². The van der Waals surface area contributed by atoms with Gasteiger partial charge in [0.05, 0.1) is 0 Å². The SMILES string of the molecule is [O]=[Bi].[O]=[Mo]. The molecule has 0 aromatic rings. The minimum absolute atomic E-state index is 0.194. The van der Waals surface area contributed by atoms with Crippen molar-refractivity contribution in [3.8, 4) is 0 Å². The van der Waals surface area contributed by atoms with E-state index in [1.165, 1.54) is 0 Å². The molecular formula is BiMoO2. The molecule has 0 unspecified atom stereocenters. The van der Waals surface area contributed by atoms with Crippen LogP contribution in [0.4, 0.5) is 0 Å². The quantitative estimate of drug-likeness (QED) is 0.553. The number of rotatable bonds is 0. The molecule has 0 aliphatic carbocycles. The van der Waals surface area contributed by atoms with E-state index in [1.807, 2.05) is 0 Å². The van der Waals surface area contributed by atoms with Gasteiger partial charge in [0.2, 0.25) is 0 Å². The van der Waals surface area contributed by atoms with Gasteiger partial charge in [0.1, 0.15) is 0 Å². The average Bonchev–Trinajstić information content (AvgIpc) is 1.50. The van der Waals surface area contributed by atoms with Crippen LogP contribution in [0.25, 0.3) is 0 Å². The van der Waals surface area contributed by atoms with E-state index in [0.29, 0.717) is 19.8 Å². The van der Waals surface area contributed by atoms with E-state index in [-0.39, 0.29) is 24.7 Å². The molecule has 0 aromatic heterocycles. The van der Waals surface area contributed by atoms with Crippen molar-refractivity contribution in [3.63, 3.8) is 0 Å². The Bertz CT molecular complexity index is 8.00. The molecule has 0 fully saturated rings. The van der Waals surface area contributed by atoms with E-state index in [2.05, 4.69) is 0 Å². The molecule has 0 aliphatic rings. The summed E-state index contributed by atoms with van der Waals surface area (Å²) in [5.74, 6) is 0. The molecule has 0 aliphatic heterocycles. The van der Waals surface area contributed by atoms with Gasteiger partial charge in [0.15, 0.2) is 0 Å². The maximum atomic E-state index is 8.36. The van der Waals surface area contributed by atoms with Crippen LogP contribution < -0.4 is 0 Å². The maximum absolute atomic E-state index is 8.36. The van der Waals surface area contributed by atoms with Crippen LogP contribution in [0.1, 0.15) is 0 Å². The molecule has 0 rings (SSSR count). The Morgan fingerprint density at radius 3 is 1.25 bits per heavy atom. The molecule has 1 radical (unpaired) electrons. The molecule has 0 amide bonds.